The van der Waals surface area contributed by atoms with Gasteiger partial charge in [0.1, 0.15) is 11.6 Å². The molecule has 0 unspecified atom stereocenters. The van der Waals surface area contributed by atoms with Crippen molar-refractivity contribution in [2.75, 3.05) is 13.6 Å². The van der Waals surface area contributed by atoms with Gasteiger partial charge in [0.25, 0.3) is 0 Å². The number of rotatable bonds is 7. The van der Waals surface area contributed by atoms with Gasteiger partial charge in [-0.1, -0.05) is 0 Å². The Labute approximate surface area is 174 Å². The second-order valence-electron chi connectivity index (χ2n) is 6.56. The number of hydrogen-bond donors (Lipinski definition) is 0. The molecule has 0 aliphatic heterocycles. The molecule has 1 aromatic heterocycles. The van der Waals surface area contributed by atoms with Gasteiger partial charge in [0.05, 0.1) is 12.0 Å². The van der Waals surface area contributed by atoms with Crippen LogP contribution in [0.25, 0.3) is 0 Å². The lowest BCUT2D eigenvalue weighted by Gasteiger charge is -2.12. The lowest BCUT2D eigenvalue weighted by molar-refractivity contribution is 0.452. The molecule has 150 valence electrons. The molecule has 1 heterocycles. The Bertz CT molecular complexity index is 1010. The smallest absolute Gasteiger partial charge is 0.223 e. The number of ether oxygens (including phenoxy) is 1. The SMILES string of the molecule is CCN(C)/C=N/c1cc(C)c(Oc2ccnc(Sc3ccc(F)cc3)n2)cc1C. The van der Waals surface area contributed by atoms with E-state index in [9.17, 15) is 4.39 Å². The van der Waals surface area contributed by atoms with E-state index in [-0.39, 0.29) is 5.82 Å². The van der Waals surface area contributed by atoms with Crippen molar-refractivity contribution < 1.29 is 9.13 Å². The summed E-state index contributed by atoms with van der Waals surface area (Å²) in [6, 6.07) is 11.9. The third-order valence-corrected chi connectivity index (χ3v) is 5.12. The van der Waals surface area contributed by atoms with Crippen molar-refractivity contribution in [3.63, 3.8) is 0 Å². The Morgan fingerprint density at radius 3 is 2.62 bits per heavy atom. The van der Waals surface area contributed by atoms with Gasteiger partial charge in [0.2, 0.25) is 5.88 Å². The molecule has 3 aromatic rings. The third-order valence-electron chi connectivity index (χ3n) is 4.23. The highest BCUT2D eigenvalue weighted by atomic mass is 32.2. The zero-order valence-corrected chi connectivity index (χ0v) is 17.7. The Morgan fingerprint density at radius 2 is 1.90 bits per heavy atom. The van der Waals surface area contributed by atoms with Gasteiger partial charge in [-0.05, 0) is 80.1 Å². The quantitative estimate of drug-likeness (QED) is 0.280. The van der Waals surface area contributed by atoms with Crippen molar-refractivity contribution in [3.05, 3.63) is 65.6 Å². The maximum Gasteiger partial charge on any atom is 0.223 e. The standard InChI is InChI=1S/C22H23FN4OS/c1-5-27(4)14-25-19-12-16(3)20(13-15(19)2)28-21-10-11-24-22(26-21)29-18-8-6-17(23)7-9-18/h6-14H,5H2,1-4H3/b25-14+. The zero-order valence-electron chi connectivity index (χ0n) is 16.9. The third kappa shape index (κ3) is 5.77. The summed E-state index contributed by atoms with van der Waals surface area (Å²) >= 11 is 1.35. The van der Waals surface area contributed by atoms with Crippen molar-refractivity contribution >= 4 is 23.8 Å². The van der Waals surface area contributed by atoms with E-state index in [2.05, 4.69) is 21.9 Å². The van der Waals surface area contributed by atoms with E-state index in [0.29, 0.717) is 11.0 Å². The number of halogens is 1. The van der Waals surface area contributed by atoms with Gasteiger partial charge in [-0.3, -0.25) is 0 Å². The first-order valence-corrected chi connectivity index (χ1v) is 10.1. The van der Waals surface area contributed by atoms with E-state index in [1.165, 1.54) is 23.9 Å². The highest BCUT2D eigenvalue weighted by molar-refractivity contribution is 7.99. The molecule has 0 aliphatic rings. The van der Waals surface area contributed by atoms with Crippen molar-refractivity contribution in [1.29, 1.82) is 0 Å². The van der Waals surface area contributed by atoms with Crippen LogP contribution in [0.4, 0.5) is 10.1 Å². The van der Waals surface area contributed by atoms with E-state index < -0.39 is 0 Å². The Morgan fingerprint density at radius 1 is 1.14 bits per heavy atom. The molecule has 0 radical (unpaired) electrons. The molecule has 0 saturated carbocycles. The summed E-state index contributed by atoms with van der Waals surface area (Å²) in [4.78, 5) is 16.1. The van der Waals surface area contributed by atoms with Gasteiger partial charge < -0.3 is 9.64 Å². The van der Waals surface area contributed by atoms with Crippen LogP contribution >= 0.6 is 11.8 Å². The van der Waals surface area contributed by atoms with E-state index in [4.69, 9.17) is 4.74 Å². The van der Waals surface area contributed by atoms with E-state index in [1.54, 1.807) is 24.4 Å². The highest BCUT2D eigenvalue weighted by Crippen LogP contribution is 2.32. The van der Waals surface area contributed by atoms with Crippen LogP contribution in [0.5, 0.6) is 11.6 Å². The number of aromatic nitrogens is 2. The van der Waals surface area contributed by atoms with Crippen LogP contribution in [0, 0.1) is 19.7 Å². The summed E-state index contributed by atoms with van der Waals surface area (Å²) in [7, 11) is 1.99. The molecule has 0 saturated heterocycles. The van der Waals surface area contributed by atoms with Crippen LogP contribution in [0.1, 0.15) is 18.1 Å². The molecule has 0 fully saturated rings. The van der Waals surface area contributed by atoms with Gasteiger partial charge in [0, 0.05) is 30.8 Å². The number of benzene rings is 2. The van der Waals surface area contributed by atoms with Crippen LogP contribution < -0.4 is 4.74 Å². The Hall–Kier alpha value is -2.93. The summed E-state index contributed by atoms with van der Waals surface area (Å²) in [6.07, 6.45) is 3.47. The maximum absolute atomic E-state index is 13.1. The molecule has 29 heavy (non-hydrogen) atoms. The van der Waals surface area contributed by atoms with Gasteiger partial charge in [-0.15, -0.1) is 0 Å². The normalized spacial score (nSPS) is 11.1. The molecule has 7 heteroatoms. The fourth-order valence-electron chi connectivity index (χ4n) is 2.42. The summed E-state index contributed by atoms with van der Waals surface area (Å²) in [6.45, 7) is 6.95. The summed E-state index contributed by atoms with van der Waals surface area (Å²) in [5.74, 6) is 0.906. The zero-order chi connectivity index (χ0) is 20.8. The molecule has 0 atom stereocenters. The molecule has 0 N–H and O–H groups in total. The number of aliphatic imine (C=N–C) groups is 1. The maximum atomic E-state index is 13.1. The average molecular weight is 411 g/mol. The first-order valence-electron chi connectivity index (χ1n) is 9.24. The predicted octanol–water partition coefficient (Wildman–Crippen LogP) is 5.79. The van der Waals surface area contributed by atoms with Gasteiger partial charge >= 0.3 is 0 Å². The van der Waals surface area contributed by atoms with Crippen LogP contribution in [-0.4, -0.2) is 34.8 Å². The van der Waals surface area contributed by atoms with Gasteiger partial charge in [0.15, 0.2) is 5.16 Å². The minimum Gasteiger partial charge on any atom is -0.439 e. The van der Waals surface area contributed by atoms with Crippen molar-refractivity contribution in [2.24, 2.45) is 4.99 Å². The second kappa shape index (κ2) is 9.52. The first-order chi connectivity index (χ1) is 13.9. The minimum atomic E-state index is -0.271. The van der Waals surface area contributed by atoms with Crippen LogP contribution in [0.15, 0.2) is 63.7 Å². The molecular weight excluding hydrogens is 387 g/mol. The molecule has 0 amide bonds. The van der Waals surface area contributed by atoms with Crippen LogP contribution in [0.2, 0.25) is 0 Å². The van der Waals surface area contributed by atoms with Crippen molar-refractivity contribution in [3.8, 4) is 11.6 Å². The van der Waals surface area contributed by atoms with Crippen molar-refractivity contribution in [2.45, 2.75) is 30.8 Å². The molecule has 2 aromatic carbocycles. The molecule has 0 spiro atoms. The van der Waals surface area contributed by atoms with E-state index in [0.717, 1.165) is 34.0 Å². The van der Waals surface area contributed by atoms with Crippen molar-refractivity contribution in [1.82, 2.24) is 14.9 Å². The van der Waals surface area contributed by atoms with Crippen LogP contribution in [0.3, 0.4) is 0 Å². The lowest BCUT2D eigenvalue weighted by Crippen LogP contribution is -2.14. The monoisotopic (exact) mass is 410 g/mol. The number of nitrogens with zero attached hydrogens (tertiary/aromatic N) is 4. The van der Waals surface area contributed by atoms with E-state index >= 15 is 0 Å². The summed E-state index contributed by atoms with van der Waals surface area (Å²) < 4.78 is 19.1. The summed E-state index contributed by atoms with van der Waals surface area (Å²) in [5, 5.41) is 0.535. The molecular formula is C22H23FN4OS. The average Bonchev–Trinajstić information content (AvgIpc) is 2.71. The van der Waals surface area contributed by atoms with Gasteiger partial charge in [-0.25, -0.2) is 14.4 Å². The fourth-order valence-corrected chi connectivity index (χ4v) is 3.15. The van der Waals surface area contributed by atoms with Crippen LogP contribution in [-0.2, 0) is 0 Å². The highest BCUT2D eigenvalue weighted by Gasteiger charge is 2.09. The lowest BCUT2D eigenvalue weighted by atomic mass is 10.1. The second-order valence-corrected chi connectivity index (χ2v) is 7.60. The summed E-state index contributed by atoms with van der Waals surface area (Å²) in [5.41, 5.74) is 2.89. The fraction of sp³-hybridized carbons (Fsp3) is 0.227. The topological polar surface area (TPSA) is 50.6 Å². The Kier molecular flexibility index (Phi) is 6.82. The predicted molar refractivity (Wildman–Crippen MR) is 115 cm³/mol. The minimum absolute atomic E-state index is 0.271. The molecule has 0 bridgehead atoms. The van der Waals surface area contributed by atoms with E-state index in [1.807, 2.05) is 44.3 Å². The Balaban J connectivity index is 1.76. The van der Waals surface area contributed by atoms with Gasteiger partial charge in [-0.2, -0.15) is 4.98 Å². The first kappa shape index (κ1) is 20.8. The number of hydrogen-bond acceptors (Lipinski definition) is 5. The largest absolute Gasteiger partial charge is 0.439 e. The molecule has 5 nitrogen and oxygen atoms in total. The molecule has 0 aliphatic carbocycles. The number of aryl methyl sites for hydroxylation is 2. The molecule has 3 rings (SSSR count).